The second kappa shape index (κ2) is 7.09. The molecule has 112 valence electrons. The van der Waals surface area contributed by atoms with Crippen molar-refractivity contribution < 1.29 is 9.84 Å². The fourth-order valence-corrected chi connectivity index (χ4v) is 2.82. The van der Waals surface area contributed by atoms with Crippen LogP contribution in [-0.2, 0) is 0 Å². The summed E-state index contributed by atoms with van der Waals surface area (Å²) >= 11 is 0. The first-order valence-electron chi connectivity index (χ1n) is 7.69. The van der Waals surface area contributed by atoms with Gasteiger partial charge in [0.15, 0.2) is 0 Å². The zero-order valence-electron chi connectivity index (χ0n) is 12.9. The first-order chi connectivity index (χ1) is 9.58. The molecule has 0 saturated carbocycles. The van der Waals surface area contributed by atoms with E-state index in [2.05, 4.69) is 31.7 Å². The third-order valence-corrected chi connectivity index (χ3v) is 4.37. The number of benzene rings is 1. The topological polar surface area (TPSA) is 32.7 Å². The number of aliphatic hydroxyl groups excluding tert-OH is 1. The lowest BCUT2D eigenvalue weighted by Gasteiger charge is -2.34. The van der Waals surface area contributed by atoms with Crippen molar-refractivity contribution in [3.05, 3.63) is 29.3 Å². The molecule has 1 saturated heterocycles. The molecule has 0 amide bonds. The van der Waals surface area contributed by atoms with Gasteiger partial charge < -0.3 is 9.84 Å². The summed E-state index contributed by atoms with van der Waals surface area (Å²) in [6, 6.07) is 6.63. The molecule has 1 aromatic rings. The first kappa shape index (κ1) is 15.3. The Kier molecular flexibility index (Phi) is 5.44. The molecule has 3 nitrogen and oxygen atoms in total. The molecule has 0 aliphatic carbocycles. The SMILES string of the molecule is Cc1cccc(OC[C@H](O)CN2CCCC[C@@H]2C)c1C. The van der Waals surface area contributed by atoms with Crippen molar-refractivity contribution in [2.45, 2.75) is 52.2 Å². The van der Waals surface area contributed by atoms with Crippen molar-refractivity contribution >= 4 is 0 Å². The molecular formula is C17H27NO2. The van der Waals surface area contributed by atoms with E-state index in [1.54, 1.807) is 0 Å². The fraction of sp³-hybridized carbons (Fsp3) is 0.647. The summed E-state index contributed by atoms with van der Waals surface area (Å²) < 4.78 is 5.78. The summed E-state index contributed by atoms with van der Waals surface area (Å²) in [5, 5.41) is 10.2. The van der Waals surface area contributed by atoms with Gasteiger partial charge in [0.25, 0.3) is 0 Å². The average Bonchev–Trinajstić information content (AvgIpc) is 2.43. The van der Waals surface area contributed by atoms with Crippen LogP contribution in [0.2, 0.25) is 0 Å². The van der Waals surface area contributed by atoms with Crippen LogP contribution in [0.5, 0.6) is 5.75 Å². The number of hydrogen-bond acceptors (Lipinski definition) is 3. The molecule has 0 spiro atoms. The fourth-order valence-electron chi connectivity index (χ4n) is 2.82. The maximum atomic E-state index is 10.2. The standard InChI is InChI=1S/C17H27NO2/c1-13-7-6-9-17(15(13)3)20-12-16(19)11-18-10-5-4-8-14(18)2/h6-7,9,14,16,19H,4-5,8,10-12H2,1-3H3/t14-,16+/m0/s1. The number of piperidine rings is 1. The van der Waals surface area contributed by atoms with Gasteiger partial charge in [0.05, 0.1) is 0 Å². The van der Waals surface area contributed by atoms with Crippen LogP contribution in [-0.4, -0.2) is 41.8 Å². The monoisotopic (exact) mass is 277 g/mol. The van der Waals surface area contributed by atoms with Gasteiger partial charge in [-0.3, -0.25) is 4.90 Å². The quantitative estimate of drug-likeness (QED) is 0.898. The van der Waals surface area contributed by atoms with Gasteiger partial charge >= 0.3 is 0 Å². The zero-order chi connectivity index (χ0) is 14.5. The van der Waals surface area contributed by atoms with E-state index in [9.17, 15) is 5.11 Å². The highest BCUT2D eigenvalue weighted by Crippen LogP contribution is 2.21. The molecule has 1 fully saturated rings. The Bertz CT molecular complexity index is 433. The van der Waals surface area contributed by atoms with Crippen LogP contribution in [0.4, 0.5) is 0 Å². The van der Waals surface area contributed by atoms with Gasteiger partial charge in [-0.25, -0.2) is 0 Å². The Labute approximate surface area is 122 Å². The van der Waals surface area contributed by atoms with E-state index in [4.69, 9.17) is 4.74 Å². The molecule has 2 atom stereocenters. The largest absolute Gasteiger partial charge is 0.491 e. The van der Waals surface area contributed by atoms with Crippen LogP contribution in [0, 0.1) is 13.8 Å². The van der Waals surface area contributed by atoms with E-state index in [1.165, 1.54) is 24.8 Å². The number of likely N-dealkylation sites (tertiary alicyclic amines) is 1. The molecule has 0 bridgehead atoms. The first-order valence-corrected chi connectivity index (χ1v) is 7.69. The summed E-state index contributed by atoms with van der Waals surface area (Å²) in [7, 11) is 0. The summed E-state index contributed by atoms with van der Waals surface area (Å²) in [5.74, 6) is 0.885. The van der Waals surface area contributed by atoms with Crippen molar-refractivity contribution in [1.82, 2.24) is 4.90 Å². The molecule has 1 N–H and O–H groups in total. The molecule has 1 heterocycles. The van der Waals surface area contributed by atoms with Crippen molar-refractivity contribution in [2.24, 2.45) is 0 Å². The highest BCUT2D eigenvalue weighted by Gasteiger charge is 2.21. The Morgan fingerprint density at radius 3 is 2.90 bits per heavy atom. The van der Waals surface area contributed by atoms with Crippen molar-refractivity contribution in [1.29, 1.82) is 0 Å². The van der Waals surface area contributed by atoms with Crippen LogP contribution in [0.1, 0.15) is 37.3 Å². The number of aryl methyl sites for hydroxylation is 1. The van der Waals surface area contributed by atoms with Crippen molar-refractivity contribution in [3.63, 3.8) is 0 Å². The van der Waals surface area contributed by atoms with Crippen molar-refractivity contribution in [2.75, 3.05) is 19.7 Å². The van der Waals surface area contributed by atoms with Crippen LogP contribution < -0.4 is 4.74 Å². The molecule has 20 heavy (non-hydrogen) atoms. The van der Waals surface area contributed by atoms with Crippen LogP contribution in [0.15, 0.2) is 18.2 Å². The minimum Gasteiger partial charge on any atom is -0.491 e. The van der Waals surface area contributed by atoms with Gasteiger partial charge in [0.1, 0.15) is 18.5 Å². The van der Waals surface area contributed by atoms with Gasteiger partial charge in [-0.05, 0) is 57.4 Å². The Morgan fingerprint density at radius 1 is 1.35 bits per heavy atom. The highest BCUT2D eigenvalue weighted by molar-refractivity contribution is 5.38. The van der Waals surface area contributed by atoms with Crippen LogP contribution in [0.3, 0.4) is 0 Å². The Hall–Kier alpha value is -1.06. The molecule has 1 aromatic carbocycles. The number of rotatable bonds is 5. The molecular weight excluding hydrogens is 250 g/mol. The number of ether oxygens (including phenoxy) is 1. The van der Waals surface area contributed by atoms with E-state index < -0.39 is 6.10 Å². The third-order valence-electron chi connectivity index (χ3n) is 4.37. The third kappa shape index (κ3) is 3.97. The Morgan fingerprint density at radius 2 is 2.15 bits per heavy atom. The van der Waals surface area contributed by atoms with Gasteiger partial charge in [-0.1, -0.05) is 18.6 Å². The lowest BCUT2D eigenvalue weighted by molar-refractivity contribution is 0.0436. The number of aliphatic hydroxyl groups is 1. The molecule has 0 radical (unpaired) electrons. The minimum absolute atomic E-state index is 0.369. The van der Waals surface area contributed by atoms with Gasteiger partial charge in [0.2, 0.25) is 0 Å². The molecule has 1 aliphatic rings. The molecule has 0 unspecified atom stereocenters. The summed E-state index contributed by atoms with van der Waals surface area (Å²) in [5.41, 5.74) is 2.38. The van der Waals surface area contributed by atoms with Crippen LogP contribution in [0.25, 0.3) is 0 Å². The van der Waals surface area contributed by atoms with E-state index in [1.807, 2.05) is 12.1 Å². The van der Waals surface area contributed by atoms with E-state index in [0.717, 1.165) is 17.9 Å². The predicted molar refractivity (Wildman–Crippen MR) is 82.3 cm³/mol. The lowest BCUT2D eigenvalue weighted by Crippen LogP contribution is -2.43. The van der Waals surface area contributed by atoms with E-state index >= 15 is 0 Å². The van der Waals surface area contributed by atoms with Gasteiger partial charge in [-0.15, -0.1) is 0 Å². The maximum absolute atomic E-state index is 10.2. The number of nitrogens with zero attached hydrogens (tertiary/aromatic N) is 1. The molecule has 2 rings (SSSR count). The summed E-state index contributed by atoms with van der Waals surface area (Å²) in [6.07, 6.45) is 3.38. The lowest BCUT2D eigenvalue weighted by atomic mass is 10.0. The van der Waals surface area contributed by atoms with Crippen molar-refractivity contribution in [3.8, 4) is 5.75 Å². The minimum atomic E-state index is -0.421. The Balaban J connectivity index is 1.82. The smallest absolute Gasteiger partial charge is 0.122 e. The van der Waals surface area contributed by atoms with E-state index in [-0.39, 0.29) is 0 Å². The van der Waals surface area contributed by atoms with E-state index in [0.29, 0.717) is 19.2 Å². The zero-order valence-corrected chi connectivity index (χ0v) is 12.9. The van der Waals surface area contributed by atoms with Crippen LogP contribution >= 0.6 is 0 Å². The van der Waals surface area contributed by atoms with Gasteiger partial charge in [0, 0.05) is 12.6 Å². The second-order valence-electron chi connectivity index (χ2n) is 6.00. The summed E-state index contributed by atoms with van der Waals surface area (Å²) in [4.78, 5) is 2.38. The molecule has 0 aromatic heterocycles. The average molecular weight is 277 g/mol. The number of β-amino-alcohol motifs (C(OH)–C–C–N with tert-alkyl or cyclic N) is 1. The van der Waals surface area contributed by atoms with Gasteiger partial charge in [-0.2, -0.15) is 0 Å². The second-order valence-corrected chi connectivity index (χ2v) is 6.00. The highest BCUT2D eigenvalue weighted by atomic mass is 16.5. The maximum Gasteiger partial charge on any atom is 0.122 e. The predicted octanol–water partition coefficient (Wildman–Crippen LogP) is 2.92. The molecule has 1 aliphatic heterocycles. The number of hydrogen-bond donors (Lipinski definition) is 1. The molecule has 3 heteroatoms. The summed E-state index contributed by atoms with van der Waals surface area (Å²) in [6.45, 7) is 8.57. The normalized spacial score (nSPS) is 21.7.